The highest BCUT2D eigenvalue weighted by atomic mass is 127. The van der Waals surface area contributed by atoms with E-state index in [2.05, 4.69) is 15.5 Å². The molecule has 18 heavy (non-hydrogen) atoms. The molecule has 0 saturated heterocycles. The first-order chi connectivity index (χ1) is 8.56. The van der Waals surface area contributed by atoms with Gasteiger partial charge in [-0.25, -0.2) is 0 Å². The lowest BCUT2D eigenvalue weighted by Crippen LogP contribution is -2.23. The van der Waals surface area contributed by atoms with Gasteiger partial charge >= 0.3 is 0 Å². The smallest absolute Gasteiger partial charge is 0.251 e. The number of carbonyl (C=O) groups is 1. The lowest BCUT2D eigenvalue weighted by molar-refractivity contribution is 0.0949. The summed E-state index contributed by atoms with van der Waals surface area (Å²) in [5.74, 6) is 0.643. The Morgan fingerprint density at radius 1 is 1.56 bits per heavy atom. The minimum atomic E-state index is -0.302. The molecule has 0 aliphatic heterocycles. The molecule has 1 aromatic carbocycles. The largest absolute Gasteiger partial charge is 0.507 e. The van der Waals surface area contributed by atoms with Gasteiger partial charge in [0.15, 0.2) is 5.82 Å². The van der Waals surface area contributed by atoms with E-state index in [0.29, 0.717) is 20.8 Å². The van der Waals surface area contributed by atoms with E-state index in [1.54, 1.807) is 19.1 Å². The Balaban J connectivity index is 2.01. The first-order valence-electron chi connectivity index (χ1n) is 5.12. The van der Waals surface area contributed by atoms with Crippen LogP contribution < -0.4 is 5.32 Å². The zero-order valence-electron chi connectivity index (χ0n) is 9.48. The molecule has 0 aliphatic carbocycles. The Hall–Kier alpha value is -1.64. The molecule has 2 N–H and O–H groups in total. The molecule has 1 amide bonds. The Labute approximate surface area is 117 Å². The molecule has 6 nitrogen and oxygen atoms in total. The van der Waals surface area contributed by atoms with Crippen molar-refractivity contribution >= 4 is 28.5 Å². The van der Waals surface area contributed by atoms with Gasteiger partial charge in [0.2, 0.25) is 5.89 Å². The van der Waals surface area contributed by atoms with Gasteiger partial charge in [0.05, 0.1) is 10.1 Å². The molecule has 0 atom stereocenters. The van der Waals surface area contributed by atoms with Crippen LogP contribution in [0.1, 0.15) is 22.1 Å². The van der Waals surface area contributed by atoms with Crippen LogP contribution in [0.4, 0.5) is 0 Å². The number of carbonyl (C=O) groups excluding carboxylic acids is 1. The SMILES string of the molecule is Cc1nc(CNC(=O)c2ccc(I)c(O)c2)no1. The van der Waals surface area contributed by atoms with Crippen LogP contribution in [0.15, 0.2) is 22.7 Å². The van der Waals surface area contributed by atoms with Crippen molar-refractivity contribution in [2.24, 2.45) is 0 Å². The molecule has 0 fully saturated rings. The summed E-state index contributed by atoms with van der Waals surface area (Å²) in [6.45, 7) is 1.86. The van der Waals surface area contributed by atoms with Gasteiger partial charge in [-0.15, -0.1) is 0 Å². The minimum absolute atomic E-state index is 0.0821. The highest BCUT2D eigenvalue weighted by Crippen LogP contribution is 2.20. The van der Waals surface area contributed by atoms with Crippen LogP contribution in [0.5, 0.6) is 5.75 Å². The van der Waals surface area contributed by atoms with Crippen LogP contribution in [-0.4, -0.2) is 21.2 Å². The third-order valence-corrected chi connectivity index (χ3v) is 3.10. The molecule has 94 valence electrons. The summed E-state index contributed by atoms with van der Waals surface area (Å²) in [6.07, 6.45) is 0. The van der Waals surface area contributed by atoms with Crippen molar-refractivity contribution in [3.63, 3.8) is 0 Å². The lowest BCUT2D eigenvalue weighted by atomic mass is 10.2. The molecule has 0 saturated carbocycles. The molecule has 2 rings (SSSR count). The van der Waals surface area contributed by atoms with Crippen LogP contribution in [-0.2, 0) is 6.54 Å². The molecule has 7 heteroatoms. The van der Waals surface area contributed by atoms with E-state index in [4.69, 9.17) is 4.52 Å². The molecule has 2 aromatic rings. The van der Waals surface area contributed by atoms with E-state index >= 15 is 0 Å². The number of benzene rings is 1. The van der Waals surface area contributed by atoms with E-state index in [-0.39, 0.29) is 18.2 Å². The van der Waals surface area contributed by atoms with Gasteiger partial charge < -0.3 is 14.9 Å². The van der Waals surface area contributed by atoms with E-state index in [1.807, 2.05) is 22.6 Å². The number of halogens is 1. The van der Waals surface area contributed by atoms with Crippen molar-refractivity contribution in [1.29, 1.82) is 0 Å². The molecule has 0 radical (unpaired) electrons. The maximum absolute atomic E-state index is 11.8. The number of hydrogen-bond donors (Lipinski definition) is 2. The minimum Gasteiger partial charge on any atom is -0.507 e. The van der Waals surface area contributed by atoms with Gasteiger partial charge in [-0.2, -0.15) is 4.98 Å². The molecule has 0 aliphatic rings. The van der Waals surface area contributed by atoms with Crippen molar-refractivity contribution in [2.75, 3.05) is 0 Å². The number of aromatic hydroxyl groups is 1. The molecule has 0 spiro atoms. The number of phenolic OH excluding ortho intramolecular Hbond substituents is 1. The highest BCUT2D eigenvalue weighted by molar-refractivity contribution is 14.1. The van der Waals surface area contributed by atoms with Gasteiger partial charge in [-0.1, -0.05) is 5.16 Å². The fourth-order valence-corrected chi connectivity index (χ4v) is 1.66. The summed E-state index contributed by atoms with van der Waals surface area (Å²) in [5, 5.41) is 15.8. The number of nitrogens with one attached hydrogen (secondary N) is 1. The van der Waals surface area contributed by atoms with E-state index in [0.717, 1.165) is 0 Å². The zero-order chi connectivity index (χ0) is 13.1. The van der Waals surface area contributed by atoms with Crippen molar-refractivity contribution in [2.45, 2.75) is 13.5 Å². The van der Waals surface area contributed by atoms with Crippen LogP contribution in [0.25, 0.3) is 0 Å². The normalized spacial score (nSPS) is 10.3. The number of aryl methyl sites for hydroxylation is 1. The molecule has 0 unspecified atom stereocenters. The average Bonchev–Trinajstić information content (AvgIpc) is 2.75. The summed E-state index contributed by atoms with van der Waals surface area (Å²) in [4.78, 5) is 15.7. The standard InChI is InChI=1S/C11H10IN3O3/c1-6-14-10(15-18-6)5-13-11(17)7-2-3-8(12)9(16)4-7/h2-4,16H,5H2,1H3,(H,13,17). The predicted octanol–water partition coefficient (Wildman–Crippen LogP) is 1.62. The summed E-state index contributed by atoms with van der Waals surface area (Å²) < 4.78 is 5.48. The van der Waals surface area contributed by atoms with Crippen LogP contribution >= 0.6 is 22.6 Å². The first kappa shape index (κ1) is 12.8. The molecule has 0 bridgehead atoms. The maximum atomic E-state index is 11.8. The fourth-order valence-electron chi connectivity index (χ4n) is 1.33. The quantitative estimate of drug-likeness (QED) is 0.814. The summed E-state index contributed by atoms with van der Waals surface area (Å²) in [7, 11) is 0. The number of aromatic nitrogens is 2. The Kier molecular flexibility index (Phi) is 3.80. The second-order valence-electron chi connectivity index (χ2n) is 3.58. The van der Waals surface area contributed by atoms with Crippen molar-refractivity contribution in [3.8, 4) is 5.75 Å². The Morgan fingerprint density at radius 3 is 2.94 bits per heavy atom. The third kappa shape index (κ3) is 2.97. The van der Waals surface area contributed by atoms with E-state index in [9.17, 15) is 9.90 Å². The molecule has 1 aromatic heterocycles. The number of phenols is 1. The number of nitrogens with zero attached hydrogens (tertiary/aromatic N) is 2. The fraction of sp³-hybridized carbons (Fsp3) is 0.182. The van der Waals surface area contributed by atoms with Crippen molar-refractivity contribution < 1.29 is 14.4 Å². The average molecular weight is 359 g/mol. The Bertz CT molecular complexity index is 583. The van der Waals surface area contributed by atoms with Gasteiger partial charge in [0, 0.05) is 12.5 Å². The highest BCUT2D eigenvalue weighted by Gasteiger charge is 2.09. The van der Waals surface area contributed by atoms with Gasteiger partial charge in [-0.05, 0) is 40.8 Å². The summed E-state index contributed by atoms with van der Waals surface area (Å²) in [6, 6.07) is 4.72. The first-order valence-corrected chi connectivity index (χ1v) is 6.20. The number of hydrogen-bond acceptors (Lipinski definition) is 5. The van der Waals surface area contributed by atoms with Gasteiger partial charge in [0.1, 0.15) is 5.75 Å². The molecular weight excluding hydrogens is 349 g/mol. The maximum Gasteiger partial charge on any atom is 0.251 e. The van der Waals surface area contributed by atoms with Crippen LogP contribution in [0, 0.1) is 10.5 Å². The van der Waals surface area contributed by atoms with Crippen molar-refractivity contribution in [3.05, 3.63) is 39.0 Å². The third-order valence-electron chi connectivity index (χ3n) is 2.19. The second kappa shape index (κ2) is 5.34. The van der Waals surface area contributed by atoms with Gasteiger partial charge in [0.25, 0.3) is 5.91 Å². The number of amides is 1. The molecule has 1 heterocycles. The summed E-state index contributed by atoms with van der Waals surface area (Å²) >= 11 is 1.98. The monoisotopic (exact) mass is 359 g/mol. The van der Waals surface area contributed by atoms with Crippen LogP contribution in [0.2, 0.25) is 0 Å². The van der Waals surface area contributed by atoms with E-state index < -0.39 is 0 Å². The topological polar surface area (TPSA) is 88.2 Å². The zero-order valence-corrected chi connectivity index (χ0v) is 11.6. The summed E-state index contributed by atoms with van der Waals surface area (Å²) in [5.41, 5.74) is 0.383. The Morgan fingerprint density at radius 2 is 2.33 bits per heavy atom. The molecular formula is C11H10IN3O3. The van der Waals surface area contributed by atoms with E-state index in [1.165, 1.54) is 6.07 Å². The predicted molar refractivity (Wildman–Crippen MR) is 71.0 cm³/mol. The van der Waals surface area contributed by atoms with Crippen molar-refractivity contribution in [1.82, 2.24) is 15.5 Å². The lowest BCUT2D eigenvalue weighted by Gasteiger charge is -2.04. The van der Waals surface area contributed by atoms with Gasteiger partial charge in [-0.3, -0.25) is 4.79 Å². The number of rotatable bonds is 3. The second-order valence-corrected chi connectivity index (χ2v) is 4.74. The van der Waals surface area contributed by atoms with Crippen LogP contribution in [0.3, 0.4) is 0 Å².